The lowest BCUT2D eigenvalue weighted by atomic mass is 9.93. The van der Waals surface area contributed by atoms with Gasteiger partial charge in [0.15, 0.2) is 7.14 Å². The molecule has 240 valence electrons. The Morgan fingerprint density at radius 1 is 0.353 bits per heavy atom. The summed E-state index contributed by atoms with van der Waals surface area (Å²) in [4.78, 5) is 0. The van der Waals surface area contributed by atoms with Gasteiger partial charge in [0.05, 0.1) is 11.0 Å². The highest BCUT2D eigenvalue weighted by Gasteiger charge is 2.40. The molecule has 0 saturated heterocycles. The van der Waals surface area contributed by atoms with Gasteiger partial charge in [0.1, 0.15) is 0 Å². The number of benzene rings is 8. The summed E-state index contributed by atoms with van der Waals surface area (Å²) in [6, 6.07) is 68.3. The molecule has 1 atom stereocenters. The number of aromatic nitrogens is 1. The second kappa shape index (κ2) is 11.7. The van der Waals surface area contributed by atoms with E-state index in [2.05, 4.69) is 162 Å². The molecule has 1 aromatic heterocycles. The Morgan fingerprint density at radius 2 is 0.882 bits per heavy atom. The highest BCUT2D eigenvalue weighted by Crippen LogP contribution is 2.53. The molecule has 9 aromatic rings. The Hall–Kier alpha value is -6.21. The summed E-state index contributed by atoms with van der Waals surface area (Å²) < 4.78 is 17.7. The van der Waals surface area contributed by atoms with Crippen molar-refractivity contribution in [2.75, 3.05) is 0 Å². The summed E-state index contributed by atoms with van der Waals surface area (Å²) in [5.41, 5.74) is 12.6. The molecule has 3 heteroatoms. The van der Waals surface area contributed by atoms with Crippen molar-refractivity contribution in [2.24, 2.45) is 0 Å². The number of hydrogen-bond acceptors (Lipinski definition) is 1. The molecule has 2 nitrogen and oxygen atoms in total. The summed E-state index contributed by atoms with van der Waals surface area (Å²) in [6.45, 7) is 0. The van der Waals surface area contributed by atoms with Crippen molar-refractivity contribution < 1.29 is 4.57 Å². The Bertz CT molecular complexity index is 2740. The summed E-state index contributed by atoms with van der Waals surface area (Å²) in [6.07, 6.45) is 0. The van der Waals surface area contributed by atoms with E-state index in [1.807, 2.05) is 36.4 Å². The van der Waals surface area contributed by atoms with Crippen LogP contribution in [0.4, 0.5) is 0 Å². The van der Waals surface area contributed by atoms with Crippen LogP contribution < -0.4 is 15.9 Å². The van der Waals surface area contributed by atoms with Gasteiger partial charge in [-0.1, -0.05) is 146 Å². The highest BCUT2D eigenvalue weighted by atomic mass is 31.2. The third-order valence-electron chi connectivity index (χ3n) is 10.4. The van der Waals surface area contributed by atoms with E-state index in [0.717, 1.165) is 60.1 Å². The zero-order chi connectivity index (χ0) is 33.9. The first kappa shape index (κ1) is 29.7. The van der Waals surface area contributed by atoms with E-state index < -0.39 is 7.14 Å². The van der Waals surface area contributed by atoms with Gasteiger partial charge in [-0.2, -0.15) is 0 Å². The maximum absolute atomic E-state index is 15.3. The van der Waals surface area contributed by atoms with Gasteiger partial charge >= 0.3 is 0 Å². The van der Waals surface area contributed by atoms with Crippen molar-refractivity contribution in [3.8, 4) is 50.2 Å². The van der Waals surface area contributed by atoms with Crippen LogP contribution in [-0.4, -0.2) is 4.57 Å². The van der Waals surface area contributed by atoms with Crippen LogP contribution >= 0.6 is 7.14 Å². The zero-order valence-corrected chi connectivity index (χ0v) is 28.7. The summed E-state index contributed by atoms with van der Waals surface area (Å²) in [5, 5.41) is 4.99. The molecule has 8 aromatic carbocycles. The predicted octanol–water partition coefficient (Wildman–Crippen LogP) is 11.4. The molecule has 2 heterocycles. The Labute approximate surface area is 297 Å². The summed E-state index contributed by atoms with van der Waals surface area (Å²) >= 11 is 0. The predicted molar refractivity (Wildman–Crippen MR) is 215 cm³/mol. The Morgan fingerprint density at radius 3 is 1.53 bits per heavy atom. The zero-order valence-electron chi connectivity index (χ0n) is 27.8. The molecule has 0 aliphatic carbocycles. The third-order valence-corrected chi connectivity index (χ3v) is 13.5. The second-order valence-corrected chi connectivity index (χ2v) is 16.0. The van der Waals surface area contributed by atoms with Gasteiger partial charge in [-0.25, -0.2) is 0 Å². The largest absolute Gasteiger partial charge is 0.309 e. The molecule has 10 rings (SSSR count). The van der Waals surface area contributed by atoms with Crippen molar-refractivity contribution in [1.82, 2.24) is 4.57 Å². The molecule has 51 heavy (non-hydrogen) atoms. The van der Waals surface area contributed by atoms with Crippen molar-refractivity contribution >= 4 is 44.9 Å². The van der Waals surface area contributed by atoms with E-state index in [1.54, 1.807) is 0 Å². The van der Waals surface area contributed by atoms with Gasteiger partial charge in [0.25, 0.3) is 0 Å². The minimum absolute atomic E-state index is 0.877. The van der Waals surface area contributed by atoms with Crippen LogP contribution in [0.25, 0.3) is 72.0 Å². The average Bonchev–Trinajstić information content (AvgIpc) is 3.67. The fourth-order valence-electron chi connectivity index (χ4n) is 7.97. The molecule has 0 bridgehead atoms. The fraction of sp³-hybridized carbons (Fsp3) is 0. The SMILES string of the molecule is O=P1(c2ccccc2)c2ccccc2-c2cc3c(cc21)c1ccccc1n3-c1ccc(-c2cc(-c3ccccc3)cc(-c3ccccc3)c2)cc1. The van der Waals surface area contributed by atoms with Gasteiger partial charge in [-0.05, 0) is 93.0 Å². The van der Waals surface area contributed by atoms with E-state index in [-0.39, 0.29) is 0 Å². The maximum atomic E-state index is 15.3. The normalized spacial score (nSPS) is 14.8. The summed E-state index contributed by atoms with van der Waals surface area (Å²) in [5.74, 6) is 0. The topological polar surface area (TPSA) is 22.0 Å². The van der Waals surface area contributed by atoms with Crippen LogP contribution in [-0.2, 0) is 4.57 Å². The number of para-hydroxylation sites is 1. The molecule has 0 saturated carbocycles. The quantitative estimate of drug-likeness (QED) is 0.167. The lowest BCUT2D eigenvalue weighted by molar-refractivity contribution is 0.593. The summed E-state index contributed by atoms with van der Waals surface area (Å²) in [7, 11) is -3.05. The van der Waals surface area contributed by atoms with E-state index in [0.29, 0.717) is 0 Å². The van der Waals surface area contributed by atoms with E-state index in [4.69, 9.17) is 0 Å². The number of nitrogens with zero attached hydrogens (tertiary/aromatic N) is 1. The van der Waals surface area contributed by atoms with Gasteiger partial charge in [0.2, 0.25) is 0 Å². The highest BCUT2D eigenvalue weighted by molar-refractivity contribution is 7.86. The van der Waals surface area contributed by atoms with Crippen molar-refractivity contribution in [2.45, 2.75) is 0 Å². The van der Waals surface area contributed by atoms with Gasteiger partial charge in [0, 0.05) is 32.4 Å². The average molecular weight is 670 g/mol. The molecule has 1 unspecified atom stereocenters. The number of rotatable bonds is 5. The molecular weight excluding hydrogens is 638 g/mol. The van der Waals surface area contributed by atoms with E-state index in [1.165, 1.54) is 27.8 Å². The minimum Gasteiger partial charge on any atom is -0.309 e. The standard InChI is InChI=1S/C48H32NOP/c50-51(40-18-8-3-9-19-40)47-23-13-11-21-42(47)44-31-46-43(32-48(44)51)41-20-10-12-22-45(41)49(46)39-26-24-35(25-27-39)38-29-36(33-14-4-1-5-15-33)28-37(30-38)34-16-6-2-7-17-34/h1-32H. The van der Waals surface area contributed by atoms with Crippen molar-refractivity contribution in [3.05, 3.63) is 194 Å². The van der Waals surface area contributed by atoms with Crippen LogP contribution in [0.2, 0.25) is 0 Å². The second-order valence-electron chi connectivity index (χ2n) is 13.3. The Balaban J connectivity index is 1.14. The first-order chi connectivity index (χ1) is 25.2. The molecule has 0 N–H and O–H groups in total. The molecule has 0 fully saturated rings. The van der Waals surface area contributed by atoms with Crippen LogP contribution in [0, 0.1) is 0 Å². The lowest BCUT2D eigenvalue weighted by Gasteiger charge is -2.16. The van der Waals surface area contributed by atoms with Crippen LogP contribution in [0.15, 0.2) is 194 Å². The number of fused-ring (bicyclic) bond motifs is 6. The van der Waals surface area contributed by atoms with E-state index >= 15 is 4.57 Å². The monoisotopic (exact) mass is 669 g/mol. The fourth-order valence-corrected chi connectivity index (χ4v) is 11.0. The van der Waals surface area contributed by atoms with Gasteiger partial charge in [-0.15, -0.1) is 0 Å². The molecule has 1 aliphatic rings. The number of hydrogen-bond donors (Lipinski definition) is 0. The minimum atomic E-state index is -3.05. The third kappa shape index (κ3) is 4.68. The first-order valence-corrected chi connectivity index (χ1v) is 19.1. The molecule has 0 amide bonds. The van der Waals surface area contributed by atoms with Crippen LogP contribution in [0.3, 0.4) is 0 Å². The van der Waals surface area contributed by atoms with E-state index in [9.17, 15) is 0 Å². The molecular formula is C48H32NOP. The maximum Gasteiger partial charge on any atom is 0.172 e. The van der Waals surface area contributed by atoms with Crippen molar-refractivity contribution in [3.63, 3.8) is 0 Å². The molecule has 0 spiro atoms. The smallest absolute Gasteiger partial charge is 0.172 e. The molecule has 1 aliphatic heterocycles. The Kier molecular flexibility index (Phi) is 6.81. The van der Waals surface area contributed by atoms with Crippen LogP contribution in [0.5, 0.6) is 0 Å². The lowest BCUT2D eigenvalue weighted by Crippen LogP contribution is -2.20. The van der Waals surface area contributed by atoms with Gasteiger partial charge < -0.3 is 9.13 Å². The molecule has 0 radical (unpaired) electrons. The van der Waals surface area contributed by atoms with Crippen LogP contribution in [0.1, 0.15) is 0 Å². The van der Waals surface area contributed by atoms with Crippen molar-refractivity contribution in [1.29, 1.82) is 0 Å². The first-order valence-electron chi connectivity index (χ1n) is 17.4. The van der Waals surface area contributed by atoms with Gasteiger partial charge in [-0.3, -0.25) is 0 Å².